The highest BCUT2D eigenvalue weighted by molar-refractivity contribution is 5.65. The van der Waals surface area contributed by atoms with Gasteiger partial charge in [-0.25, -0.2) is 9.67 Å². The van der Waals surface area contributed by atoms with Crippen LogP contribution in [0, 0.1) is 13.8 Å². The first-order chi connectivity index (χ1) is 17.2. The summed E-state index contributed by atoms with van der Waals surface area (Å²) in [5.41, 5.74) is 2.61. The molecule has 9 heteroatoms. The molecule has 0 fully saturated rings. The minimum atomic E-state index is -4.44. The number of aryl methyl sites for hydroxylation is 2. The van der Waals surface area contributed by atoms with Gasteiger partial charge in [-0.1, -0.05) is 30.3 Å². The van der Waals surface area contributed by atoms with Crippen molar-refractivity contribution in [1.82, 2.24) is 19.2 Å². The summed E-state index contributed by atoms with van der Waals surface area (Å²) in [6.07, 6.45) is -2.87. The number of aromatic nitrogens is 4. The van der Waals surface area contributed by atoms with Crippen molar-refractivity contribution in [2.75, 3.05) is 0 Å². The van der Waals surface area contributed by atoms with Crippen LogP contribution in [0.1, 0.15) is 22.5 Å². The number of hydrogen-bond acceptors (Lipinski definition) is 4. The van der Waals surface area contributed by atoms with Gasteiger partial charge in [-0.15, -0.1) is 0 Å². The quantitative estimate of drug-likeness (QED) is 0.314. The van der Waals surface area contributed by atoms with Crippen LogP contribution in [0.4, 0.5) is 13.2 Å². The van der Waals surface area contributed by atoms with E-state index in [2.05, 4.69) is 10.1 Å². The number of para-hydroxylation sites is 1. The van der Waals surface area contributed by atoms with Gasteiger partial charge in [0.15, 0.2) is 11.4 Å². The third-order valence-electron chi connectivity index (χ3n) is 5.79. The Hall–Kier alpha value is -4.40. The molecule has 2 aromatic carbocycles. The molecule has 0 amide bonds. The first-order valence-corrected chi connectivity index (χ1v) is 11.2. The Morgan fingerprint density at radius 3 is 2.47 bits per heavy atom. The van der Waals surface area contributed by atoms with Crippen molar-refractivity contribution in [2.24, 2.45) is 0 Å². The van der Waals surface area contributed by atoms with E-state index in [1.54, 1.807) is 36.0 Å². The molecular formula is C27H21F3N4O2. The first-order valence-electron chi connectivity index (χ1n) is 11.2. The molecule has 0 radical (unpaired) electrons. The molecule has 0 bridgehead atoms. The second kappa shape index (κ2) is 8.99. The Bertz CT molecular complexity index is 1620. The maximum atomic E-state index is 13.5. The van der Waals surface area contributed by atoms with Crippen LogP contribution in [-0.4, -0.2) is 19.2 Å². The summed E-state index contributed by atoms with van der Waals surface area (Å²) in [6.45, 7) is 3.52. The van der Waals surface area contributed by atoms with Gasteiger partial charge >= 0.3 is 6.18 Å². The summed E-state index contributed by atoms with van der Waals surface area (Å²) in [7, 11) is 0. The third kappa shape index (κ3) is 4.35. The van der Waals surface area contributed by atoms with Crippen molar-refractivity contribution >= 4 is 5.65 Å². The van der Waals surface area contributed by atoms with Crippen LogP contribution in [0.15, 0.2) is 83.8 Å². The zero-order valence-electron chi connectivity index (χ0n) is 19.5. The van der Waals surface area contributed by atoms with Gasteiger partial charge in [0.2, 0.25) is 0 Å². The Morgan fingerprint density at radius 1 is 0.944 bits per heavy atom. The summed E-state index contributed by atoms with van der Waals surface area (Å²) >= 11 is 0. The summed E-state index contributed by atoms with van der Waals surface area (Å²) < 4.78 is 48.0. The monoisotopic (exact) mass is 490 g/mol. The van der Waals surface area contributed by atoms with Crippen LogP contribution >= 0.6 is 0 Å². The van der Waals surface area contributed by atoms with Crippen molar-refractivity contribution in [3.8, 4) is 22.7 Å². The van der Waals surface area contributed by atoms with E-state index < -0.39 is 11.7 Å². The van der Waals surface area contributed by atoms with E-state index in [9.17, 15) is 18.0 Å². The molecular weight excluding hydrogens is 469 g/mol. The van der Waals surface area contributed by atoms with Crippen molar-refractivity contribution < 1.29 is 17.9 Å². The molecule has 6 nitrogen and oxygen atoms in total. The van der Waals surface area contributed by atoms with Crippen LogP contribution in [0.5, 0.6) is 5.75 Å². The summed E-state index contributed by atoms with van der Waals surface area (Å²) in [6, 6.07) is 19.6. The van der Waals surface area contributed by atoms with Gasteiger partial charge in [0.05, 0.1) is 22.5 Å². The number of fused-ring (bicyclic) bond motifs is 1. The number of rotatable bonds is 5. The van der Waals surface area contributed by atoms with E-state index in [1.165, 1.54) is 10.5 Å². The molecule has 5 rings (SSSR count). The molecule has 0 saturated carbocycles. The lowest BCUT2D eigenvalue weighted by molar-refractivity contribution is -0.137. The number of nitrogens with zero attached hydrogens (tertiary/aromatic N) is 4. The highest BCUT2D eigenvalue weighted by atomic mass is 19.4. The maximum absolute atomic E-state index is 13.5. The second-order valence-electron chi connectivity index (χ2n) is 8.35. The van der Waals surface area contributed by atoms with Gasteiger partial charge < -0.3 is 4.74 Å². The molecule has 5 aromatic rings. The Morgan fingerprint density at radius 2 is 1.72 bits per heavy atom. The minimum Gasteiger partial charge on any atom is -0.485 e. The molecule has 3 heterocycles. The second-order valence-corrected chi connectivity index (χ2v) is 8.35. The molecule has 36 heavy (non-hydrogen) atoms. The molecule has 0 saturated heterocycles. The number of halogens is 3. The SMILES string of the molecule is Cc1nc2c(OCc3cccc(C(F)(F)F)c3)cccn2c(=O)c1-c1cc(C)n(-c2ccccc2)n1. The van der Waals surface area contributed by atoms with Gasteiger partial charge in [0, 0.05) is 11.9 Å². The Labute approximate surface area is 204 Å². The summed E-state index contributed by atoms with van der Waals surface area (Å²) in [5.74, 6) is 0.285. The average Bonchev–Trinajstić information content (AvgIpc) is 3.24. The predicted molar refractivity (Wildman–Crippen MR) is 129 cm³/mol. The summed E-state index contributed by atoms with van der Waals surface area (Å²) in [4.78, 5) is 18.1. The van der Waals surface area contributed by atoms with Gasteiger partial charge in [-0.05, 0) is 61.9 Å². The molecule has 0 aliphatic carbocycles. The largest absolute Gasteiger partial charge is 0.485 e. The number of benzene rings is 2. The Kier molecular flexibility index (Phi) is 5.83. The topological polar surface area (TPSA) is 61.4 Å². The van der Waals surface area contributed by atoms with Crippen LogP contribution in [0.2, 0.25) is 0 Å². The van der Waals surface area contributed by atoms with Crippen LogP contribution in [0.3, 0.4) is 0 Å². The molecule has 182 valence electrons. The minimum absolute atomic E-state index is 0.110. The van der Waals surface area contributed by atoms with Crippen molar-refractivity contribution in [3.05, 3.63) is 112 Å². The molecule has 0 spiro atoms. The highest BCUT2D eigenvalue weighted by Crippen LogP contribution is 2.30. The average molecular weight is 490 g/mol. The first kappa shape index (κ1) is 23.3. The fourth-order valence-corrected chi connectivity index (χ4v) is 4.08. The van der Waals surface area contributed by atoms with E-state index in [-0.39, 0.29) is 23.6 Å². The molecule has 3 aromatic heterocycles. The molecule has 0 unspecified atom stereocenters. The number of pyridine rings is 1. The van der Waals surface area contributed by atoms with Crippen molar-refractivity contribution in [3.63, 3.8) is 0 Å². The zero-order valence-corrected chi connectivity index (χ0v) is 19.5. The molecule has 0 aliphatic rings. The van der Waals surface area contributed by atoms with Crippen LogP contribution in [0.25, 0.3) is 22.6 Å². The third-order valence-corrected chi connectivity index (χ3v) is 5.79. The van der Waals surface area contributed by atoms with Gasteiger partial charge in [0.25, 0.3) is 5.56 Å². The Balaban J connectivity index is 1.51. The number of hydrogen-bond donors (Lipinski definition) is 0. The van der Waals surface area contributed by atoms with E-state index in [4.69, 9.17) is 4.74 Å². The van der Waals surface area contributed by atoms with Crippen molar-refractivity contribution in [2.45, 2.75) is 26.6 Å². The molecule has 0 atom stereocenters. The van der Waals surface area contributed by atoms with Gasteiger partial charge in [-0.3, -0.25) is 9.20 Å². The number of alkyl halides is 3. The van der Waals surface area contributed by atoms with E-state index >= 15 is 0 Å². The van der Waals surface area contributed by atoms with Crippen molar-refractivity contribution in [1.29, 1.82) is 0 Å². The van der Waals surface area contributed by atoms with E-state index in [0.29, 0.717) is 22.5 Å². The molecule has 0 N–H and O–H groups in total. The van der Waals surface area contributed by atoms with Crippen LogP contribution in [-0.2, 0) is 12.8 Å². The lowest BCUT2D eigenvalue weighted by Crippen LogP contribution is -2.19. The van der Waals surface area contributed by atoms with Gasteiger partial charge in [-0.2, -0.15) is 18.3 Å². The maximum Gasteiger partial charge on any atom is 0.416 e. The lowest BCUT2D eigenvalue weighted by Gasteiger charge is -2.13. The van der Waals surface area contributed by atoms with Gasteiger partial charge in [0.1, 0.15) is 12.3 Å². The standard InChI is InChI=1S/C27H21F3N4O2/c1-17-14-22(32-34(17)21-10-4-3-5-11-21)24-18(2)31-25-23(12-7-13-33(25)26(24)35)36-16-19-8-6-9-20(15-19)27(28,29)30/h3-15H,16H2,1-2H3. The normalized spacial score (nSPS) is 11.7. The predicted octanol–water partition coefficient (Wildman–Crippen LogP) is 5.76. The fraction of sp³-hybridized carbons (Fsp3) is 0.148. The lowest BCUT2D eigenvalue weighted by atomic mass is 10.1. The number of ether oxygens (including phenoxy) is 1. The zero-order chi connectivity index (χ0) is 25.4. The molecule has 0 aliphatic heterocycles. The van der Waals surface area contributed by atoms with Crippen LogP contribution < -0.4 is 10.3 Å². The fourth-order valence-electron chi connectivity index (χ4n) is 4.08. The summed E-state index contributed by atoms with van der Waals surface area (Å²) in [5, 5.41) is 4.65. The smallest absolute Gasteiger partial charge is 0.416 e. The van der Waals surface area contributed by atoms with E-state index in [1.807, 2.05) is 43.3 Å². The highest BCUT2D eigenvalue weighted by Gasteiger charge is 2.30. The van der Waals surface area contributed by atoms with E-state index in [0.717, 1.165) is 23.5 Å².